The molecule has 2 amide bonds. The fourth-order valence-corrected chi connectivity index (χ4v) is 3.79. The van der Waals surface area contributed by atoms with Crippen molar-refractivity contribution in [1.29, 1.82) is 0 Å². The molecule has 0 aromatic carbocycles. The minimum Gasteiger partial charge on any atom is -0.350 e. The van der Waals surface area contributed by atoms with Crippen LogP contribution in [0.25, 0.3) is 0 Å². The van der Waals surface area contributed by atoms with Crippen LogP contribution in [0.5, 0.6) is 0 Å². The molecule has 1 saturated heterocycles. The van der Waals surface area contributed by atoms with Gasteiger partial charge in [-0.3, -0.25) is 15.0 Å². The largest absolute Gasteiger partial charge is 0.350 e. The van der Waals surface area contributed by atoms with E-state index in [1.54, 1.807) is 0 Å². The fourth-order valence-electron chi connectivity index (χ4n) is 2.97. The van der Waals surface area contributed by atoms with E-state index in [1.807, 2.05) is 27.7 Å². The van der Waals surface area contributed by atoms with Gasteiger partial charge in [0, 0.05) is 19.6 Å². The Morgan fingerprint density at radius 2 is 1.82 bits per heavy atom. The van der Waals surface area contributed by atoms with Crippen molar-refractivity contribution in [3.05, 3.63) is 0 Å². The van der Waals surface area contributed by atoms with E-state index < -0.39 is 33.5 Å². The molecular formula is C18H35N3O6S. The molecule has 0 saturated carbocycles. The lowest BCUT2D eigenvalue weighted by Crippen LogP contribution is -2.56. The van der Waals surface area contributed by atoms with Crippen LogP contribution in [-0.4, -0.2) is 50.3 Å². The molecule has 2 unspecified atom stereocenters. The highest BCUT2D eigenvalue weighted by molar-refractivity contribution is 7.88. The normalized spacial score (nSPS) is 20.2. The third kappa shape index (κ3) is 7.65. The summed E-state index contributed by atoms with van der Waals surface area (Å²) in [6.07, 6.45) is 3.22. The van der Waals surface area contributed by atoms with E-state index in [0.29, 0.717) is 13.0 Å². The van der Waals surface area contributed by atoms with Crippen LogP contribution in [0.3, 0.4) is 0 Å². The molecule has 9 nitrogen and oxygen atoms in total. The predicted molar refractivity (Wildman–Crippen MR) is 105 cm³/mol. The number of hydrazine groups is 1. The summed E-state index contributed by atoms with van der Waals surface area (Å²) >= 11 is 0. The highest BCUT2D eigenvalue weighted by Crippen LogP contribution is 2.28. The number of carbonyl (C=O) groups is 2. The second kappa shape index (κ2) is 10.5. The van der Waals surface area contributed by atoms with E-state index in [2.05, 4.69) is 10.9 Å². The van der Waals surface area contributed by atoms with Gasteiger partial charge in [0.1, 0.15) is 5.41 Å². The maximum Gasteiger partial charge on any atom is 0.259 e. The van der Waals surface area contributed by atoms with Crippen molar-refractivity contribution in [3.63, 3.8) is 0 Å². The van der Waals surface area contributed by atoms with Gasteiger partial charge in [-0.05, 0) is 38.0 Å². The average Bonchev–Trinajstić information content (AvgIpc) is 2.57. The predicted octanol–water partition coefficient (Wildman–Crippen LogP) is 1.56. The lowest BCUT2D eigenvalue weighted by molar-refractivity contribution is -0.205. The molecule has 28 heavy (non-hydrogen) atoms. The van der Waals surface area contributed by atoms with Crippen LogP contribution in [0.4, 0.5) is 0 Å². The monoisotopic (exact) mass is 421 g/mol. The standard InChI is InChI=1S/C18H35N3O6S/c1-13(2)11-18(5,17(23)20-27-15-9-7-8-10-26-15)16(22)19-21(12-14(3)4)28(6,24)25/h13-15H,7-12H2,1-6H3,(H,19,22)(H,20,23). The lowest BCUT2D eigenvalue weighted by Gasteiger charge is -2.32. The number of rotatable bonds is 10. The molecule has 1 aliphatic heterocycles. The van der Waals surface area contributed by atoms with E-state index >= 15 is 0 Å². The Hall–Kier alpha value is -1.23. The Labute approximate surface area is 168 Å². The van der Waals surface area contributed by atoms with Crippen LogP contribution in [0, 0.1) is 17.3 Å². The SMILES string of the molecule is CC(C)CN(NC(=O)C(C)(CC(C)C)C(=O)NOC1CCCCO1)S(C)(=O)=O. The third-order valence-electron chi connectivity index (χ3n) is 4.40. The summed E-state index contributed by atoms with van der Waals surface area (Å²) in [5.74, 6) is -1.32. The fraction of sp³-hybridized carbons (Fsp3) is 0.889. The van der Waals surface area contributed by atoms with Gasteiger partial charge in [-0.15, -0.1) is 4.41 Å². The average molecular weight is 422 g/mol. The third-order valence-corrected chi connectivity index (χ3v) is 5.44. The molecule has 1 heterocycles. The molecule has 2 N–H and O–H groups in total. The first-order valence-corrected chi connectivity index (χ1v) is 11.6. The number of nitrogens with zero attached hydrogens (tertiary/aromatic N) is 1. The number of sulfonamides is 1. The zero-order valence-corrected chi connectivity index (χ0v) is 18.6. The number of amides is 2. The van der Waals surface area contributed by atoms with Crippen LogP contribution in [0.1, 0.15) is 60.3 Å². The summed E-state index contributed by atoms with van der Waals surface area (Å²) in [6, 6.07) is 0. The van der Waals surface area contributed by atoms with Gasteiger partial charge in [0.15, 0.2) is 6.29 Å². The number of hydrogen-bond acceptors (Lipinski definition) is 6. The number of hydrogen-bond donors (Lipinski definition) is 2. The van der Waals surface area contributed by atoms with Gasteiger partial charge in [0.05, 0.1) is 6.26 Å². The van der Waals surface area contributed by atoms with E-state index in [-0.39, 0.29) is 24.8 Å². The quantitative estimate of drug-likeness (QED) is 0.409. The van der Waals surface area contributed by atoms with Gasteiger partial charge in [0.2, 0.25) is 10.0 Å². The van der Waals surface area contributed by atoms with Crippen molar-refractivity contribution in [2.75, 3.05) is 19.4 Å². The van der Waals surface area contributed by atoms with Crippen LogP contribution < -0.4 is 10.9 Å². The zero-order valence-electron chi connectivity index (χ0n) is 17.8. The van der Waals surface area contributed by atoms with E-state index in [4.69, 9.17) is 9.57 Å². The molecule has 0 aliphatic carbocycles. The summed E-state index contributed by atoms with van der Waals surface area (Å²) in [4.78, 5) is 31.1. The summed E-state index contributed by atoms with van der Waals surface area (Å²) in [5, 5.41) is 0. The van der Waals surface area contributed by atoms with Crippen LogP contribution >= 0.6 is 0 Å². The minimum absolute atomic E-state index is 0.00742. The van der Waals surface area contributed by atoms with Gasteiger partial charge in [0.25, 0.3) is 11.8 Å². The van der Waals surface area contributed by atoms with E-state index in [0.717, 1.165) is 23.5 Å². The molecule has 10 heteroatoms. The van der Waals surface area contributed by atoms with Crippen molar-refractivity contribution in [2.45, 2.75) is 66.6 Å². The summed E-state index contributed by atoms with van der Waals surface area (Å²) in [6.45, 7) is 9.58. The zero-order chi connectivity index (χ0) is 21.5. The highest BCUT2D eigenvalue weighted by Gasteiger charge is 2.43. The first-order chi connectivity index (χ1) is 12.9. The highest BCUT2D eigenvalue weighted by atomic mass is 32.2. The number of carbonyl (C=O) groups excluding carboxylic acids is 2. The Morgan fingerprint density at radius 1 is 1.18 bits per heavy atom. The van der Waals surface area contributed by atoms with E-state index in [9.17, 15) is 18.0 Å². The molecule has 0 spiro atoms. The molecule has 0 radical (unpaired) electrons. The molecule has 0 bridgehead atoms. The molecule has 2 atom stereocenters. The lowest BCUT2D eigenvalue weighted by atomic mass is 9.80. The molecule has 1 aliphatic rings. The van der Waals surface area contributed by atoms with Crippen molar-refractivity contribution in [3.8, 4) is 0 Å². The van der Waals surface area contributed by atoms with Crippen molar-refractivity contribution in [2.24, 2.45) is 17.3 Å². The number of hydroxylamine groups is 1. The smallest absolute Gasteiger partial charge is 0.259 e. The van der Waals surface area contributed by atoms with Crippen molar-refractivity contribution in [1.82, 2.24) is 15.3 Å². The topological polar surface area (TPSA) is 114 Å². The van der Waals surface area contributed by atoms with Crippen molar-refractivity contribution >= 4 is 21.8 Å². The molecule has 1 fully saturated rings. The Kier molecular flexibility index (Phi) is 9.32. The second-order valence-electron chi connectivity index (χ2n) is 8.40. The Balaban J connectivity index is 2.92. The van der Waals surface area contributed by atoms with Crippen LogP contribution in [-0.2, 0) is 29.2 Å². The van der Waals surface area contributed by atoms with Gasteiger partial charge >= 0.3 is 0 Å². The van der Waals surface area contributed by atoms with Crippen LogP contribution in [0.2, 0.25) is 0 Å². The number of nitrogens with one attached hydrogen (secondary N) is 2. The molecular weight excluding hydrogens is 386 g/mol. The van der Waals surface area contributed by atoms with Gasteiger partial charge < -0.3 is 4.74 Å². The number of ether oxygens (including phenoxy) is 1. The summed E-state index contributed by atoms with van der Waals surface area (Å²) in [5.41, 5.74) is 3.24. The Bertz CT molecular complexity index is 631. The van der Waals surface area contributed by atoms with Gasteiger partial charge in [-0.2, -0.15) is 0 Å². The first-order valence-electron chi connectivity index (χ1n) is 9.72. The molecule has 0 aromatic heterocycles. The van der Waals surface area contributed by atoms with Gasteiger partial charge in [-0.25, -0.2) is 18.7 Å². The Morgan fingerprint density at radius 3 is 2.29 bits per heavy atom. The maximum atomic E-state index is 13.0. The summed E-state index contributed by atoms with van der Waals surface area (Å²) in [7, 11) is -3.68. The molecule has 0 aromatic rings. The molecule has 1 rings (SSSR count). The minimum atomic E-state index is -3.68. The van der Waals surface area contributed by atoms with E-state index in [1.165, 1.54) is 6.92 Å². The maximum absolute atomic E-state index is 13.0. The van der Waals surface area contributed by atoms with Gasteiger partial charge in [-0.1, -0.05) is 27.7 Å². The molecule has 164 valence electrons. The summed E-state index contributed by atoms with van der Waals surface area (Å²) < 4.78 is 30.3. The van der Waals surface area contributed by atoms with Crippen LogP contribution in [0.15, 0.2) is 0 Å². The second-order valence-corrected chi connectivity index (χ2v) is 10.3. The first kappa shape index (κ1) is 24.8. The van der Waals surface area contributed by atoms with Crippen molar-refractivity contribution < 1.29 is 27.6 Å².